The quantitative estimate of drug-likeness (QED) is 0.377. The van der Waals surface area contributed by atoms with E-state index in [1.165, 1.54) is 0 Å². The number of nitrogens with two attached hydrogens (primary N) is 1. The highest BCUT2D eigenvalue weighted by molar-refractivity contribution is 5.92. The Balaban J connectivity index is 1.55. The van der Waals surface area contributed by atoms with Crippen molar-refractivity contribution in [3.8, 4) is 0 Å². The molecule has 172 valence electrons. The number of anilines is 1. The lowest BCUT2D eigenvalue weighted by Gasteiger charge is -2.22. The van der Waals surface area contributed by atoms with Crippen molar-refractivity contribution in [3.05, 3.63) is 108 Å². The van der Waals surface area contributed by atoms with E-state index in [0.717, 1.165) is 27.5 Å². The largest absolute Gasteiger partial charge is 0.384 e. The molecule has 0 unspecified atom stereocenters. The van der Waals surface area contributed by atoms with E-state index in [4.69, 9.17) is 5.73 Å². The van der Waals surface area contributed by atoms with Crippen molar-refractivity contribution in [2.75, 3.05) is 5.73 Å². The van der Waals surface area contributed by atoms with Crippen LogP contribution in [0.15, 0.2) is 91.1 Å². The van der Waals surface area contributed by atoms with Crippen LogP contribution in [0.3, 0.4) is 0 Å². The zero-order valence-corrected chi connectivity index (χ0v) is 19.1. The van der Waals surface area contributed by atoms with E-state index in [2.05, 4.69) is 15.6 Å². The second kappa shape index (κ2) is 10.6. The molecule has 0 radical (unpaired) electrons. The fourth-order valence-electron chi connectivity index (χ4n) is 3.94. The molecule has 0 aliphatic carbocycles. The van der Waals surface area contributed by atoms with Crippen LogP contribution in [0, 0.1) is 0 Å². The molecule has 0 fully saturated rings. The van der Waals surface area contributed by atoms with Gasteiger partial charge in [0.1, 0.15) is 11.9 Å². The van der Waals surface area contributed by atoms with E-state index in [0.29, 0.717) is 18.8 Å². The average molecular weight is 453 g/mol. The Morgan fingerprint density at radius 2 is 1.62 bits per heavy atom. The van der Waals surface area contributed by atoms with Gasteiger partial charge in [-0.25, -0.2) is 4.98 Å². The molecule has 4 rings (SSSR count). The lowest BCUT2D eigenvalue weighted by molar-refractivity contribution is -0.129. The van der Waals surface area contributed by atoms with Gasteiger partial charge in [0.2, 0.25) is 11.8 Å². The highest BCUT2D eigenvalue weighted by atomic mass is 16.2. The van der Waals surface area contributed by atoms with Gasteiger partial charge in [-0.05, 0) is 40.5 Å². The molecular formula is C28H28N4O2. The molecule has 0 aliphatic rings. The van der Waals surface area contributed by atoms with E-state index in [1.807, 2.05) is 85.8 Å². The molecule has 0 saturated carbocycles. The maximum absolute atomic E-state index is 13.2. The van der Waals surface area contributed by atoms with Gasteiger partial charge in [0.05, 0.1) is 5.92 Å². The molecule has 34 heavy (non-hydrogen) atoms. The summed E-state index contributed by atoms with van der Waals surface area (Å²) >= 11 is 0. The minimum atomic E-state index is -0.730. The minimum absolute atomic E-state index is 0.194. The van der Waals surface area contributed by atoms with Gasteiger partial charge in [-0.1, -0.05) is 78.9 Å². The first kappa shape index (κ1) is 23.0. The van der Waals surface area contributed by atoms with Crippen molar-refractivity contribution >= 4 is 28.4 Å². The fourth-order valence-corrected chi connectivity index (χ4v) is 3.94. The summed E-state index contributed by atoms with van der Waals surface area (Å²) in [4.78, 5) is 30.4. The summed E-state index contributed by atoms with van der Waals surface area (Å²) in [5.41, 5.74) is 8.38. The number of nitrogens with one attached hydrogen (secondary N) is 2. The standard InChI is InChI=1S/C28H28N4O2/c1-19(21-8-3-2-4-9-21)27(33)32-25(28(34)31-18-20-14-15-26(29)30-17-20)16-23-12-7-11-22-10-5-6-13-24(22)23/h2-15,17,19,25H,16,18H2,1H3,(H2,29,30)(H,31,34)(H,32,33)/t19-,25-/m0/s1. The number of carbonyl (C=O) groups excluding carboxylic acids is 2. The number of rotatable bonds is 8. The molecule has 0 aliphatic heterocycles. The third-order valence-electron chi connectivity index (χ3n) is 5.94. The molecule has 4 N–H and O–H groups in total. The van der Waals surface area contributed by atoms with Crippen LogP contribution in [0.4, 0.5) is 5.82 Å². The molecule has 1 heterocycles. The first-order chi connectivity index (χ1) is 16.5. The Hall–Kier alpha value is -4.19. The molecule has 0 saturated heterocycles. The highest BCUT2D eigenvalue weighted by Crippen LogP contribution is 2.21. The topological polar surface area (TPSA) is 97.1 Å². The Morgan fingerprint density at radius 1 is 0.882 bits per heavy atom. The van der Waals surface area contributed by atoms with Crippen molar-refractivity contribution in [2.45, 2.75) is 31.8 Å². The minimum Gasteiger partial charge on any atom is -0.384 e. The van der Waals surface area contributed by atoms with Crippen LogP contribution in [-0.2, 0) is 22.6 Å². The molecule has 2 atom stereocenters. The van der Waals surface area contributed by atoms with E-state index >= 15 is 0 Å². The molecule has 6 heteroatoms. The number of benzene rings is 3. The van der Waals surface area contributed by atoms with Crippen molar-refractivity contribution in [1.29, 1.82) is 0 Å². The van der Waals surface area contributed by atoms with Crippen LogP contribution >= 0.6 is 0 Å². The summed E-state index contributed by atoms with van der Waals surface area (Å²) in [7, 11) is 0. The highest BCUT2D eigenvalue weighted by Gasteiger charge is 2.25. The van der Waals surface area contributed by atoms with Crippen molar-refractivity contribution < 1.29 is 9.59 Å². The van der Waals surface area contributed by atoms with Crippen LogP contribution < -0.4 is 16.4 Å². The number of amides is 2. The normalized spacial score (nSPS) is 12.6. The number of pyridine rings is 1. The zero-order valence-electron chi connectivity index (χ0n) is 19.1. The van der Waals surface area contributed by atoms with Gasteiger partial charge in [0, 0.05) is 19.2 Å². The van der Waals surface area contributed by atoms with Crippen molar-refractivity contribution in [1.82, 2.24) is 15.6 Å². The first-order valence-electron chi connectivity index (χ1n) is 11.3. The fraction of sp³-hybridized carbons (Fsp3) is 0.179. The summed E-state index contributed by atoms with van der Waals surface area (Å²) in [6.45, 7) is 2.14. The van der Waals surface area contributed by atoms with Crippen molar-refractivity contribution in [3.63, 3.8) is 0 Å². The summed E-state index contributed by atoms with van der Waals surface area (Å²) in [6.07, 6.45) is 2.01. The molecular weight excluding hydrogens is 424 g/mol. The lowest BCUT2D eigenvalue weighted by atomic mass is 9.96. The van der Waals surface area contributed by atoms with Gasteiger partial charge < -0.3 is 16.4 Å². The van der Waals surface area contributed by atoms with Gasteiger partial charge in [-0.3, -0.25) is 9.59 Å². The third kappa shape index (κ3) is 5.59. The number of fused-ring (bicyclic) bond motifs is 1. The predicted molar refractivity (Wildman–Crippen MR) is 135 cm³/mol. The van der Waals surface area contributed by atoms with Gasteiger partial charge in [0.25, 0.3) is 0 Å². The lowest BCUT2D eigenvalue weighted by Crippen LogP contribution is -2.48. The van der Waals surface area contributed by atoms with Crippen LogP contribution in [-0.4, -0.2) is 22.8 Å². The van der Waals surface area contributed by atoms with Crippen LogP contribution in [0.2, 0.25) is 0 Å². The Labute approximate surface area is 199 Å². The van der Waals surface area contributed by atoms with E-state index in [1.54, 1.807) is 12.3 Å². The van der Waals surface area contributed by atoms with Crippen LogP contribution in [0.25, 0.3) is 10.8 Å². The summed E-state index contributed by atoms with van der Waals surface area (Å²) < 4.78 is 0. The van der Waals surface area contributed by atoms with Gasteiger partial charge in [0.15, 0.2) is 0 Å². The molecule has 6 nitrogen and oxygen atoms in total. The second-order valence-corrected chi connectivity index (χ2v) is 8.35. The average Bonchev–Trinajstić information content (AvgIpc) is 2.88. The summed E-state index contributed by atoms with van der Waals surface area (Å²) in [5, 5.41) is 8.08. The second-order valence-electron chi connectivity index (χ2n) is 8.35. The monoisotopic (exact) mass is 452 g/mol. The Morgan fingerprint density at radius 3 is 2.38 bits per heavy atom. The van der Waals surface area contributed by atoms with Crippen LogP contribution in [0.5, 0.6) is 0 Å². The summed E-state index contributed by atoms with van der Waals surface area (Å²) in [5.74, 6) is -0.407. The van der Waals surface area contributed by atoms with E-state index < -0.39 is 6.04 Å². The number of carbonyl (C=O) groups is 2. The Bertz CT molecular complexity index is 1270. The number of nitrogen functional groups attached to an aromatic ring is 1. The van der Waals surface area contributed by atoms with Crippen LogP contribution in [0.1, 0.15) is 29.5 Å². The first-order valence-corrected chi connectivity index (χ1v) is 11.3. The molecule has 0 bridgehead atoms. The molecule has 2 amide bonds. The SMILES string of the molecule is C[C@H](C(=O)N[C@@H](Cc1cccc2ccccc12)C(=O)NCc1ccc(N)nc1)c1ccccc1. The van der Waals surface area contributed by atoms with Gasteiger partial charge >= 0.3 is 0 Å². The molecule has 0 spiro atoms. The molecule has 1 aromatic heterocycles. The number of nitrogens with zero attached hydrogens (tertiary/aromatic N) is 1. The van der Waals surface area contributed by atoms with Gasteiger partial charge in [-0.15, -0.1) is 0 Å². The predicted octanol–water partition coefficient (Wildman–Crippen LogP) is 3.96. The summed E-state index contributed by atoms with van der Waals surface area (Å²) in [6, 6.07) is 26.4. The maximum Gasteiger partial charge on any atom is 0.243 e. The molecule has 3 aromatic carbocycles. The molecule has 4 aromatic rings. The zero-order chi connectivity index (χ0) is 23.9. The Kier molecular flexibility index (Phi) is 7.18. The number of hydrogen-bond donors (Lipinski definition) is 3. The number of hydrogen-bond acceptors (Lipinski definition) is 4. The third-order valence-corrected chi connectivity index (χ3v) is 5.94. The van der Waals surface area contributed by atoms with Crippen molar-refractivity contribution in [2.24, 2.45) is 0 Å². The number of aromatic nitrogens is 1. The maximum atomic E-state index is 13.2. The van der Waals surface area contributed by atoms with E-state index in [9.17, 15) is 9.59 Å². The smallest absolute Gasteiger partial charge is 0.243 e. The van der Waals surface area contributed by atoms with Gasteiger partial charge in [-0.2, -0.15) is 0 Å². The van der Waals surface area contributed by atoms with E-state index in [-0.39, 0.29) is 17.7 Å².